The summed E-state index contributed by atoms with van der Waals surface area (Å²) in [6.45, 7) is 5.67. The molecule has 0 bridgehead atoms. The molecule has 2 unspecified atom stereocenters. The summed E-state index contributed by atoms with van der Waals surface area (Å²) in [4.78, 5) is 25.6. The predicted octanol–water partition coefficient (Wildman–Crippen LogP) is 1.32. The van der Waals surface area contributed by atoms with Gasteiger partial charge in [0, 0.05) is 25.0 Å². The van der Waals surface area contributed by atoms with Gasteiger partial charge in [-0.05, 0) is 32.7 Å². The molecule has 1 aliphatic heterocycles. The summed E-state index contributed by atoms with van der Waals surface area (Å²) in [5.41, 5.74) is 0. The minimum atomic E-state index is -0.232. The summed E-state index contributed by atoms with van der Waals surface area (Å²) in [5, 5.41) is 3.24. The molecule has 19 heavy (non-hydrogen) atoms. The van der Waals surface area contributed by atoms with Gasteiger partial charge in [-0.1, -0.05) is 6.92 Å². The van der Waals surface area contributed by atoms with Crippen molar-refractivity contribution in [2.45, 2.75) is 58.0 Å². The highest BCUT2D eigenvalue weighted by atomic mass is 16.5. The van der Waals surface area contributed by atoms with Gasteiger partial charge in [-0.3, -0.25) is 9.59 Å². The smallest absolute Gasteiger partial charge is 0.307 e. The zero-order chi connectivity index (χ0) is 14.3. The fraction of sp³-hybridized carbons (Fsp3) is 0.857. The predicted molar refractivity (Wildman–Crippen MR) is 73.7 cm³/mol. The molecule has 0 aliphatic carbocycles. The fourth-order valence-corrected chi connectivity index (χ4v) is 2.62. The third kappa shape index (κ3) is 5.19. The molecule has 1 N–H and O–H groups in total. The Hall–Kier alpha value is -1.10. The largest absolute Gasteiger partial charge is 0.469 e. The molecular weight excluding hydrogens is 244 g/mol. The molecule has 0 saturated carbocycles. The fourth-order valence-electron chi connectivity index (χ4n) is 2.62. The summed E-state index contributed by atoms with van der Waals surface area (Å²) in [7, 11) is 1.39. The molecule has 5 heteroatoms. The maximum atomic E-state index is 12.3. The Kier molecular flexibility index (Phi) is 6.84. The van der Waals surface area contributed by atoms with Gasteiger partial charge in [0.05, 0.1) is 13.5 Å². The summed E-state index contributed by atoms with van der Waals surface area (Å²) in [6, 6.07) is 0.195. The first kappa shape index (κ1) is 16.0. The molecule has 5 nitrogen and oxygen atoms in total. The van der Waals surface area contributed by atoms with Gasteiger partial charge in [-0.15, -0.1) is 0 Å². The van der Waals surface area contributed by atoms with E-state index in [0.29, 0.717) is 12.8 Å². The van der Waals surface area contributed by atoms with E-state index in [1.165, 1.54) is 7.11 Å². The van der Waals surface area contributed by atoms with Crippen LogP contribution in [0.15, 0.2) is 0 Å². The van der Waals surface area contributed by atoms with Crippen LogP contribution in [-0.4, -0.2) is 49.1 Å². The van der Waals surface area contributed by atoms with Crippen molar-refractivity contribution in [1.29, 1.82) is 0 Å². The van der Waals surface area contributed by atoms with E-state index in [4.69, 9.17) is 4.74 Å². The van der Waals surface area contributed by atoms with Gasteiger partial charge in [0.1, 0.15) is 0 Å². The molecular formula is C14H26N2O3. The number of esters is 1. The zero-order valence-corrected chi connectivity index (χ0v) is 12.3. The lowest BCUT2D eigenvalue weighted by molar-refractivity contribution is -0.144. The number of piperidine rings is 1. The van der Waals surface area contributed by atoms with Gasteiger partial charge in [0.25, 0.3) is 0 Å². The number of ether oxygens (including phenoxy) is 1. The van der Waals surface area contributed by atoms with Crippen molar-refractivity contribution in [2.75, 3.05) is 20.2 Å². The molecule has 1 fully saturated rings. The highest BCUT2D eigenvalue weighted by Gasteiger charge is 2.29. The number of hydrogen-bond acceptors (Lipinski definition) is 4. The second-order valence-corrected chi connectivity index (χ2v) is 5.18. The number of carbonyl (C=O) groups is 2. The summed E-state index contributed by atoms with van der Waals surface area (Å²) >= 11 is 0. The molecule has 1 aliphatic rings. The first-order chi connectivity index (χ1) is 9.08. The van der Waals surface area contributed by atoms with Crippen molar-refractivity contribution in [2.24, 2.45) is 0 Å². The van der Waals surface area contributed by atoms with E-state index in [1.807, 2.05) is 18.7 Å². The monoisotopic (exact) mass is 270 g/mol. The second kappa shape index (κ2) is 8.15. The molecule has 2 atom stereocenters. The third-order valence-corrected chi connectivity index (χ3v) is 3.61. The van der Waals surface area contributed by atoms with E-state index in [2.05, 4.69) is 5.32 Å². The van der Waals surface area contributed by atoms with Crippen LogP contribution in [0.4, 0.5) is 0 Å². The number of likely N-dealkylation sites (tertiary alicyclic amines) is 1. The maximum Gasteiger partial charge on any atom is 0.307 e. The lowest BCUT2D eigenvalue weighted by Crippen LogP contribution is -2.46. The van der Waals surface area contributed by atoms with Gasteiger partial charge in [0.15, 0.2) is 0 Å². The van der Waals surface area contributed by atoms with Gasteiger partial charge < -0.3 is 15.0 Å². The number of nitrogens with zero attached hydrogens (tertiary/aromatic N) is 1. The lowest BCUT2D eigenvalue weighted by Gasteiger charge is -2.36. The van der Waals surface area contributed by atoms with Gasteiger partial charge in [-0.25, -0.2) is 0 Å². The number of methoxy groups -OCH3 is 1. The highest BCUT2D eigenvalue weighted by Crippen LogP contribution is 2.21. The summed E-state index contributed by atoms with van der Waals surface area (Å²) in [5.74, 6) is -0.0912. The Morgan fingerprint density at radius 2 is 2.16 bits per heavy atom. The van der Waals surface area contributed by atoms with Gasteiger partial charge in [0.2, 0.25) is 5.91 Å². The Morgan fingerprint density at radius 3 is 2.79 bits per heavy atom. The quantitative estimate of drug-likeness (QED) is 0.740. The van der Waals surface area contributed by atoms with Crippen molar-refractivity contribution in [3.8, 4) is 0 Å². The third-order valence-electron chi connectivity index (χ3n) is 3.61. The molecule has 0 aromatic rings. The first-order valence-corrected chi connectivity index (χ1v) is 7.18. The minimum Gasteiger partial charge on any atom is -0.469 e. The number of nitrogens with one attached hydrogen (secondary N) is 1. The van der Waals surface area contributed by atoms with Crippen LogP contribution in [-0.2, 0) is 14.3 Å². The molecule has 1 saturated heterocycles. The Labute approximate surface area is 115 Å². The van der Waals surface area contributed by atoms with E-state index in [0.717, 1.165) is 32.4 Å². The van der Waals surface area contributed by atoms with Crippen LogP contribution in [0.2, 0.25) is 0 Å². The maximum absolute atomic E-state index is 12.3. The summed E-state index contributed by atoms with van der Waals surface area (Å²) in [6.07, 6.45) is 3.81. The van der Waals surface area contributed by atoms with Crippen LogP contribution in [0.5, 0.6) is 0 Å². The second-order valence-electron chi connectivity index (χ2n) is 5.18. The van der Waals surface area contributed by atoms with Crippen LogP contribution in [0.3, 0.4) is 0 Å². The zero-order valence-electron chi connectivity index (χ0n) is 12.3. The molecule has 1 amide bonds. The molecule has 0 radical (unpaired) electrons. The van der Waals surface area contributed by atoms with Crippen LogP contribution < -0.4 is 5.32 Å². The number of carbonyl (C=O) groups excluding carboxylic acids is 2. The van der Waals surface area contributed by atoms with E-state index in [9.17, 15) is 9.59 Å². The van der Waals surface area contributed by atoms with Crippen molar-refractivity contribution < 1.29 is 14.3 Å². The molecule has 1 heterocycles. The van der Waals surface area contributed by atoms with Crippen LogP contribution in [0.1, 0.15) is 46.0 Å². The molecule has 0 aromatic carbocycles. The highest BCUT2D eigenvalue weighted by molar-refractivity contribution is 5.78. The lowest BCUT2D eigenvalue weighted by atomic mass is 9.98. The van der Waals surface area contributed by atoms with E-state index in [1.54, 1.807) is 0 Å². The normalized spacial score (nSPS) is 21.0. The van der Waals surface area contributed by atoms with Crippen molar-refractivity contribution in [1.82, 2.24) is 10.2 Å². The molecule has 0 aromatic heterocycles. The van der Waals surface area contributed by atoms with E-state index >= 15 is 0 Å². The Morgan fingerprint density at radius 1 is 1.42 bits per heavy atom. The van der Waals surface area contributed by atoms with Crippen molar-refractivity contribution >= 4 is 11.9 Å². The number of amides is 1. The summed E-state index contributed by atoms with van der Waals surface area (Å²) < 4.78 is 4.71. The van der Waals surface area contributed by atoms with Gasteiger partial charge in [-0.2, -0.15) is 0 Å². The standard InChI is InChI=1S/C14H26N2O3/c1-4-15-11(2)9-13(17)16-8-6-5-7-12(16)10-14(18)19-3/h11-12,15H,4-10H2,1-3H3. The minimum absolute atomic E-state index is 0.0162. The van der Waals surface area contributed by atoms with Crippen molar-refractivity contribution in [3.05, 3.63) is 0 Å². The molecule has 0 spiro atoms. The van der Waals surface area contributed by atoms with Crippen LogP contribution >= 0.6 is 0 Å². The number of hydrogen-bond donors (Lipinski definition) is 1. The SMILES string of the molecule is CCNC(C)CC(=O)N1CCCCC1CC(=O)OC. The average molecular weight is 270 g/mol. The van der Waals surface area contributed by atoms with Crippen LogP contribution in [0.25, 0.3) is 0 Å². The first-order valence-electron chi connectivity index (χ1n) is 7.18. The van der Waals surface area contributed by atoms with Crippen molar-refractivity contribution in [3.63, 3.8) is 0 Å². The van der Waals surface area contributed by atoms with E-state index in [-0.39, 0.29) is 24.0 Å². The van der Waals surface area contributed by atoms with Crippen LogP contribution in [0, 0.1) is 0 Å². The average Bonchev–Trinajstić information content (AvgIpc) is 2.39. The Bertz CT molecular complexity index is 307. The molecule has 110 valence electrons. The van der Waals surface area contributed by atoms with Gasteiger partial charge >= 0.3 is 5.97 Å². The topological polar surface area (TPSA) is 58.6 Å². The Balaban J connectivity index is 2.55. The van der Waals surface area contributed by atoms with E-state index < -0.39 is 0 Å². The molecule has 1 rings (SSSR count). The number of rotatable bonds is 6.